The minimum atomic E-state index is -3.35. The molecular weight excluding hydrogens is 304 g/mol. The first-order valence-electron chi connectivity index (χ1n) is 5.18. The van der Waals surface area contributed by atoms with Crippen molar-refractivity contribution >= 4 is 31.3 Å². The third-order valence-corrected chi connectivity index (χ3v) is 4.73. The quantitative estimate of drug-likeness (QED) is 0.912. The molecule has 0 bridgehead atoms. The second kappa shape index (κ2) is 3.93. The number of hydrogen-bond donors (Lipinski definition) is 1. The highest BCUT2D eigenvalue weighted by Gasteiger charge is 2.31. The van der Waals surface area contributed by atoms with Gasteiger partial charge in [0.25, 0.3) is 0 Å². The van der Waals surface area contributed by atoms with Crippen molar-refractivity contribution in [1.29, 1.82) is 0 Å². The van der Waals surface area contributed by atoms with Crippen LogP contribution in [-0.2, 0) is 9.84 Å². The van der Waals surface area contributed by atoms with Crippen LogP contribution >= 0.6 is 15.9 Å². The molecule has 1 aliphatic rings. The summed E-state index contributed by atoms with van der Waals surface area (Å²) in [7, 11) is -3.35. The Morgan fingerprint density at radius 2 is 2.00 bits per heavy atom. The molecule has 0 amide bonds. The Morgan fingerprint density at radius 3 is 2.59 bits per heavy atom. The summed E-state index contributed by atoms with van der Waals surface area (Å²) in [4.78, 5) is 0.311. The predicted molar refractivity (Wildman–Crippen MR) is 70.2 cm³/mol. The molecule has 17 heavy (non-hydrogen) atoms. The fourth-order valence-electron chi connectivity index (χ4n) is 1.96. The number of hydrogen-bond acceptors (Lipinski definition) is 3. The van der Waals surface area contributed by atoms with Crippen LogP contribution < -0.4 is 0 Å². The summed E-state index contributed by atoms with van der Waals surface area (Å²) in [6.07, 6.45) is 0.307. The molecule has 1 heterocycles. The molecule has 0 radical (unpaired) electrons. The number of sulfone groups is 1. The van der Waals surface area contributed by atoms with Crippen LogP contribution in [-0.4, -0.2) is 19.1 Å². The van der Waals surface area contributed by atoms with Crippen molar-refractivity contribution in [3.63, 3.8) is 0 Å². The molecule has 1 aromatic carbocycles. The average Bonchev–Trinajstić information content (AvgIpc) is 2.36. The average molecular weight is 317 g/mol. The lowest BCUT2D eigenvalue weighted by Gasteiger charge is -2.18. The minimum absolute atomic E-state index is 0.307. The first-order chi connectivity index (χ1) is 7.71. The van der Waals surface area contributed by atoms with E-state index in [9.17, 15) is 13.5 Å². The van der Waals surface area contributed by atoms with E-state index in [-0.39, 0.29) is 0 Å². The van der Waals surface area contributed by atoms with Crippen LogP contribution in [0.5, 0.6) is 0 Å². The Labute approximate surface area is 109 Å². The highest BCUT2D eigenvalue weighted by atomic mass is 79.9. The number of benzene rings is 1. The van der Waals surface area contributed by atoms with Gasteiger partial charge in [-0.2, -0.15) is 0 Å². The summed E-state index contributed by atoms with van der Waals surface area (Å²) < 4.78 is 24.6. The molecule has 1 aromatic rings. The minimum Gasteiger partial charge on any atom is -0.390 e. The predicted octanol–water partition coefficient (Wildman–Crippen LogP) is 2.74. The molecule has 0 spiro atoms. The largest absolute Gasteiger partial charge is 0.390 e. The van der Waals surface area contributed by atoms with Gasteiger partial charge in [0, 0.05) is 21.9 Å². The van der Waals surface area contributed by atoms with Gasteiger partial charge in [0.05, 0.1) is 10.5 Å². The second-order valence-electron chi connectivity index (χ2n) is 4.79. The lowest BCUT2D eigenvalue weighted by atomic mass is 9.95. The Hall–Kier alpha value is -0.650. The van der Waals surface area contributed by atoms with Crippen molar-refractivity contribution in [3.8, 4) is 0 Å². The first kappa shape index (κ1) is 12.8. The Balaban J connectivity index is 2.60. The number of halogens is 1. The molecule has 0 saturated carbocycles. The van der Waals surface area contributed by atoms with Gasteiger partial charge >= 0.3 is 0 Å². The van der Waals surface area contributed by atoms with Gasteiger partial charge < -0.3 is 5.11 Å². The van der Waals surface area contributed by atoms with Crippen LogP contribution in [0, 0.1) is 0 Å². The summed E-state index contributed by atoms with van der Waals surface area (Å²) in [5, 5.41) is 11.1. The Morgan fingerprint density at radius 1 is 1.35 bits per heavy atom. The maximum absolute atomic E-state index is 11.9. The molecule has 5 heteroatoms. The second-order valence-corrected chi connectivity index (χ2v) is 7.41. The third kappa shape index (κ3) is 2.46. The number of rotatable bonds is 2. The lowest BCUT2D eigenvalue weighted by Crippen LogP contribution is -2.18. The highest BCUT2D eigenvalue weighted by molar-refractivity contribution is 9.10. The van der Waals surface area contributed by atoms with Crippen molar-refractivity contribution in [2.24, 2.45) is 0 Å². The zero-order chi connectivity index (χ0) is 12.8. The van der Waals surface area contributed by atoms with E-state index in [1.54, 1.807) is 32.0 Å². The Bertz CT molecular complexity index is 595. The smallest absolute Gasteiger partial charge is 0.200 e. The van der Waals surface area contributed by atoms with Crippen LogP contribution in [0.1, 0.15) is 25.8 Å². The van der Waals surface area contributed by atoms with E-state index in [1.165, 1.54) is 5.41 Å². The van der Waals surface area contributed by atoms with E-state index in [0.29, 0.717) is 22.5 Å². The molecule has 0 aromatic heterocycles. The van der Waals surface area contributed by atoms with Crippen molar-refractivity contribution in [3.05, 3.63) is 33.6 Å². The molecule has 0 atom stereocenters. The van der Waals surface area contributed by atoms with Crippen LogP contribution in [0.3, 0.4) is 0 Å². The zero-order valence-electron chi connectivity index (χ0n) is 9.57. The zero-order valence-corrected chi connectivity index (χ0v) is 12.0. The summed E-state index contributed by atoms with van der Waals surface area (Å²) in [5.74, 6) is 0. The van der Waals surface area contributed by atoms with Gasteiger partial charge in [0.1, 0.15) is 0 Å². The molecule has 0 saturated heterocycles. The molecular formula is C12H13BrO3S. The van der Waals surface area contributed by atoms with Gasteiger partial charge in [-0.25, -0.2) is 8.42 Å². The molecule has 0 aliphatic carbocycles. The van der Waals surface area contributed by atoms with E-state index in [1.807, 2.05) is 0 Å². The van der Waals surface area contributed by atoms with E-state index in [2.05, 4.69) is 15.9 Å². The molecule has 0 fully saturated rings. The summed E-state index contributed by atoms with van der Waals surface area (Å²) >= 11 is 3.36. The van der Waals surface area contributed by atoms with E-state index < -0.39 is 15.4 Å². The summed E-state index contributed by atoms with van der Waals surface area (Å²) in [6.45, 7) is 3.32. The van der Waals surface area contributed by atoms with Gasteiger partial charge in [0.2, 0.25) is 9.84 Å². The molecule has 1 N–H and O–H groups in total. The van der Waals surface area contributed by atoms with Crippen LogP contribution in [0.25, 0.3) is 5.57 Å². The van der Waals surface area contributed by atoms with E-state index in [4.69, 9.17) is 0 Å². The lowest BCUT2D eigenvalue weighted by molar-refractivity contribution is 0.0864. The van der Waals surface area contributed by atoms with E-state index >= 15 is 0 Å². The third-order valence-electron chi connectivity index (χ3n) is 2.52. The number of fused-ring (bicyclic) bond motifs is 1. The number of aliphatic hydroxyl groups is 1. The van der Waals surface area contributed by atoms with Crippen LogP contribution in [0.15, 0.2) is 33.0 Å². The maximum Gasteiger partial charge on any atom is 0.200 e. The molecule has 3 nitrogen and oxygen atoms in total. The van der Waals surface area contributed by atoms with Crippen LogP contribution in [0.2, 0.25) is 0 Å². The van der Waals surface area contributed by atoms with E-state index in [0.717, 1.165) is 4.47 Å². The normalized spacial score (nSPS) is 17.8. The van der Waals surface area contributed by atoms with Crippen LogP contribution in [0.4, 0.5) is 0 Å². The van der Waals surface area contributed by atoms with Gasteiger partial charge in [0.15, 0.2) is 0 Å². The van der Waals surface area contributed by atoms with Gasteiger partial charge in [-0.15, -0.1) is 0 Å². The fourth-order valence-corrected chi connectivity index (χ4v) is 4.21. The van der Waals surface area contributed by atoms with Gasteiger partial charge in [-0.3, -0.25) is 0 Å². The van der Waals surface area contributed by atoms with Crippen molar-refractivity contribution in [2.45, 2.75) is 30.8 Å². The topological polar surface area (TPSA) is 54.4 Å². The maximum atomic E-state index is 11.9. The molecule has 2 rings (SSSR count). The molecule has 1 aliphatic heterocycles. The standard InChI is InChI=1S/C12H13BrO3S/c1-12(2,14)6-8-7-17(15,16)10-5-3-4-9(13)11(8)10/h3-5,7,14H,6H2,1-2H3. The first-order valence-corrected chi connectivity index (χ1v) is 7.51. The molecule has 92 valence electrons. The van der Waals surface area contributed by atoms with Gasteiger partial charge in [-0.05, 0) is 31.6 Å². The van der Waals surface area contributed by atoms with Crippen molar-refractivity contribution < 1.29 is 13.5 Å². The summed E-state index contributed by atoms with van der Waals surface area (Å²) in [6, 6.07) is 5.09. The monoisotopic (exact) mass is 316 g/mol. The van der Waals surface area contributed by atoms with Crippen molar-refractivity contribution in [1.82, 2.24) is 0 Å². The fraction of sp³-hybridized carbons (Fsp3) is 0.333. The van der Waals surface area contributed by atoms with Crippen molar-refractivity contribution in [2.75, 3.05) is 0 Å². The highest BCUT2D eigenvalue weighted by Crippen LogP contribution is 2.41. The van der Waals surface area contributed by atoms with Gasteiger partial charge in [-0.1, -0.05) is 22.0 Å². The Kier molecular flexibility index (Phi) is 2.96. The summed E-state index contributed by atoms with van der Waals surface area (Å²) in [5.41, 5.74) is 0.396. The SMILES string of the molecule is CC(C)(O)CC1=CS(=O)(=O)c2cccc(Br)c21. The molecule has 0 unspecified atom stereocenters.